The second-order valence-corrected chi connectivity index (χ2v) is 4.34. The summed E-state index contributed by atoms with van der Waals surface area (Å²) in [5.74, 6) is 0. The van der Waals surface area contributed by atoms with Crippen LogP contribution in [0.1, 0.15) is 60.3 Å². The zero-order valence-electron chi connectivity index (χ0n) is 10.7. The Morgan fingerprint density at radius 2 is 1.60 bits per heavy atom. The smallest absolute Gasteiger partial charge is 0.102 e. The van der Waals surface area contributed by atoms with Gasteiger partial charge in [-0.05, 0) is 33.6 Å². The molecular formula is C12H25EuNO. The minimum Gasteiger partial charge on any atom is -0.384 e. The van der Waals surface area contributed by atoms with Gasteiger partial charge >= 0.3 is 0 Å². The molecule has 0 heterocycles. The average molecular weight is 351 g/mol. The van der Waals surface area contributed by atoms with Crippen molar-refractivity contribution in [2.24, 2.45) is 4.99 Å². The Kier molecular flexibility index (Phi) is 11.5. The van der Waals surface area contributed by atoms with Crippen LogP contribution in [0.4, 0.5) is 0 Å². The fraction of sp³-hybridized carbons (Fsp3) is 0.917. The van der Waals surface area contributed by atoms with E-state index in [1.54, 1.807) is 0 Å². The van der Waals surface area contributed by atoms with Crippen molar-refractivity contribution >= 4 is 5.71 Å². The number of aliphatic hydroxyl groups is 1. The molecule has 0 aliphatic heterocycles. The third-order valence-electron chi connectivity index (χ3n) is 2.45. The van der Waals surface area contributed by atoms with Crippen LogP contribution in [0, 0.1) is 49.4 Å². The third-order valence-corrected chi connectivity index (χ3v) is 2.45. The Labute approximate surface area is 135 Å². The van der Waals surface area contributed by atoms with Gasteiger partial charge in [0, 0.05) is 61.1 Å². The van der Waals surface area contributed by atoms with Crippen molar-refractivity contribution in [1.82, 2.24) is 0 Å². The summed E-state index contributed by atoms with van der Waals surface area (Å²) in [7, 11) is 0. The molecule has 0 unspecified atom stereocenters. The van der Waals surface area contributed by atoms with Crippen LogP contribution in [-0.4, -0.2) is 22.5 Å². The molecule has 0 saturated heterocycles. The summed E-state index contributed by atoms with van der Waals surface area (Å²) in [5.41, 5.74) is 0.240. The Balaban J connectivity index is 0. The van der Waals surface area contributed by atoms with E-state index in [4.69, 9.17) is 0 Å². The fourth-order valence-corrected chi connectivity index (χ4v) is 1.82. The zero-order valence-corrected chi connectivity index (χ0v) is 13.1. The molecule has 0 amide bonds. The predicted molar refractivity (Wildman–Crippen MR) is 63.0 cm³/mol. The number of hydrogen-bond donors (Lipinski definition) is 1. The minimum atomic E-state index is -0.659. The van der Waals surface area contributed by atoms with E-state index < -0.39 is 5.60 Å². The van der Waals surface area contributed by atoms with Crippen molar-refractivity contribution in [3.63, 3.8) is 0 Å². The minimum absolute atomic E-state index is 0. The Bertz CT molecular complexity index is 184. The summed E-state index contributed by atoms with van der Waals surface area (Å²) in [6.07, 6.45) is 3.65. The molecule has 0 aliphatic carbocycles. The summed E-state index contributed by atoms with van der Waals surface area (Å²) in [6.45, 7) is 10.2. The van der Waals surface area contributed by atoms with Crippen molar-refractivity contribution in [2.75, 3.05) is 0 Å². The number of nitrogens with zero attached hydrogens (tertiary/aromatic N) is 1. The van der Waals surface area contributed by atoms with E-state index in [1.807, 2.05) is 20.8 Å². The Morgan fingerprint density at radius 3 is 1.87 bits per heavy atom. The van der Waals surface area contributed by atoms with Crippen molar-refractivity contribution in [3.8, 4) is 0 Å². The zero-order chi connectivity index (χ0) is 11.2. The van der Waals surface area contributed by atoms with Crippen LogP contribution in [0.2, 0.25) is 0 Å². The molecule has 0 aromatic rings. The normalized spacial score (nSPS) is 12.9. The third kappa shape index (κ3) is 7.20. The Hall–Kier alpha value is 1.21. The van der Waals surface area contributed by atoms with Gasteiger partial charge in [-0.25, -0.2) is 0 Å². The molecule has 1 radical (unpaired) electrons. The summed E-state index contributed by atoms with van der Waals surface area (Å²) < 4.78 is 0. The quantitative estimate of drug-likeness (QED) is 0.733. The molecule has 0 aromatic heterocycles. The molecule has 2 nitrogen and oxygen atoms in total. The first-order valence-electron chi connectivity index (χ1n) is 5.73. The van der Waals surface area contributed by atoms with Gasteiger partial charge in [0.15, 0.2) is 0 Å². The monoisotopic (exact) mass is 352 g/mol. The maximum atomic E-state index is 10.4. The maximum absolute atomic E-state index is 10.4. The van der Waals surface area contributed by atoms with Gasteiger partial charge in [0.1, 0.15) is 5.60 Å². The molecule has 0 rings (SSSR count). The van der Waals surface area contributed by atoms with Gasteiger partial charge in [0.05, 0.1) is 0 Å². The van der Waals surface area contributed by atoms with Crippen molar-refractivity contribution in [2.45, 2.75) is 71.9 Å². The number of rotatable bonds is 6. The van der Waals surface area contributed by atoms with Crippen molar-refractivity contribution in [3.05, 3.63) is 0 Å². The van der Waals surface area contributed by atoms with Crippen molar-refractivity contribution in [1.29, 1.82) is 0 Å². The van der Waals surface area contributed by atoms with E-state index in [2.05, 4.69) is 18.8 Å². The maximum Gasteiger partial charge on any atom is 0.102 e. The van der Waals surface area contributed by atoms with E-state index in [0.29, 0.717) is 0 Å². The van der Waals surface area contributed by atoms with Gasteiger partial charge in [-0.15, -0.1) is 0 Å². The van der Waals surface area contributed by atoms with Crippen LogP contribution < -0.4 is 0 Å². The molecule has 0 fully saturated rings. The van der Waals surface area contributed by atoms with Crippen LogP contribution in [0.3, 0.4) is 0 Å². The van der Waals surface area contributed by atoms with E-state index in [0.717, 1.165) is 31.4 Å². The van der Waals surface area contributed by atoms with Gasteiger partial charge in [-0.1, -0.05) is 26.7 Å². The van der Waals surface area contributed by atoms with Gasteiger partial charge in [-0.3, -0.25) is 4.99 Å². The summed E-state index contributed by atoms with van der Waals surface area (Å²) >= 11 is 0. The van der Waals surface area contributed by atoms with Crippen LogP contribution in [-0.2, 0) is 0 Å². The van der Waals surface area contributed by atoms with Gasteiger partial charge in [-0.2, -0.15) is 0 Å². The molecule has 0 aromatic carbocycles. The molecule has 15 heavy (non-hydrogen) atoms. The molecule has 3 heteroatoms. The van der Waals surface area contributed by atoms with Gasteiger partial charge in [0.2, 0.25) is 0 Å². The number of aliphatic imine (C=N–C) groups is 1. The van der Waals surface area contributed by atoms with E-state index in [-0.39, 0.29) is 55.4 Å². The summed E-state index contributed by atoms with van der Waals surface area (Å²) in [6, 6.07) is 0.273. The SMILES string of the molecule is CCCC(O)(CCC)C(C)=NC(C)C.[Eu]. The van der Waals surface area contributed by atoms with Gasteiger partial charge < -0.3 is 5.11 Å². The standard InChI is InChI=1S/C12H25NO.Eu/c1-6-8-12(14,9-7-2)11(5)13-10(3)4;/h10,14H,6-9H2,1-5H3;. The van der Waals surface area contributed by atoms with E-state index in [1.165, 1.54) is 0 Å². The number of hydrogen-bond acceptors (Lipinski definition) is 2. The summed E-state index contributed by atoms with van der Waals surface area (Å²) in [5, 5.41) is 10.4. The van der Waals surface area contributed by atoms with E-state index >= 15 is 0 Å². The second kappa shape index (κ2) is 9.27. The average Bonchev–Trinajstić information content (AvgIpc) is 2.03. The molecule has 0 atom stereocenters. The predicted octanol–water partition coefficient (Wildman–Crippen LogP) is 3.19. The summed E-state index contributed by atoms with van der Waals surface area (Å²) in [4.78, 5) is 4.45. The largest absolute Gasteiger partial charge is 0.384 e. The first-order chi connectivity index (χ1) is 6.46. The fourth-order valence-electron chi connectivity index (χ4n) is 1.82. The van der Waals surface area contributed by atoms with Crippen LogP contribution in [0.5, 0.6) is 0 Å². The van der Waals surface area contributed by atoms with Crippen LogP contribution >= 0.6 is 0 Å². The van der Waals surface area contributed by atoms with E-state index in [9.17, 15) is 5.11 Å². The first kappa shape index (κ1) is 18.6. The van der Waals surface area contributed by atoms with Crippen LogP contribution in [0.15, 0.2) is 4.99 Å². The first-order valence-corrected chi connectivity index (χ1v) is 5.73. The topological polar surface area (TPSA) is 32.6 Å². The van der Waals surface area contributed by atoms with Crippen LogP contribution in [0.25, 0.3) is 0 Å². The molecule has 0 aliphatic rings. The Morgan fingerprint density at radius 1 is 1.20 bits per heavy atom. The molecule has 0 bridgehead atoms. The second-order valence-electron chi connectivity index (χ2n) is 4.34. The van der Waals surface area contributed by atoms with Gasteiger partial charge in [0.25, 0.3) is 0 Å². The molecule has 0 saturated carbocycles. The molecular weight excluding hydrogens is 326 g/mol. The molecule has 0 spiro atoms. The molecule has 91 valence electrons. The molecule has 1 N–H and O–H groups in total. The van der Waals surface area contributed by atoms with Crippen molar-refractivity contribution < 1.29 is 54.5 Å².